The molecule has 96 valence electrons. The van der Waals surface area contributed by atoms with Crippen LogP contribution in [0.3, 0.4) is 0 Å². The van der Waals surface area contributed by atoms with Gasteiger partial charge in [-0.1, -0.05) is 0 Å². The van der Waals surface area contributed by atoms with E-state index in [0.29, 0.717) is 5.56 Å². The summed E-state index contributed by atoms with van der Waals surface area (Å²) >= 11 is 0. The molecular weight excluding hydrogens is 255 g/mol. The van der Waals surface area contributed by atoms with Gasteiger partial charge in [-0.05, 0) is 35.9 Å². The van der Waals surface area contributed by atoms with Gasteiger partial charge in [-0.25, -0.2) is 13.2 Å². The summed E-state index contributed by atoms with van der Waals surface area (Å²) in [6.45, 7) is -0.0441. The molecular formula is C14H8F3NO. The first-order chi connectivity index (χ1) is 9.08. The van der Waals surface area contributed by atoms with Gasteiger partial charge in [0.1, 0.15) is 18.2 Å². The lowest BCUT2D eigenvalue weighted by molar-refractivity contribution is 0.302. The molecule has 2 rings (SSSR count). The second-order valence-corrected chi connectivity index (χ2v) is 3.82. The number of rotatable bonds is 3. The summed E-state index contributed by atoms with van der Waals surface area (Å²) in [6.07, 6.45) is 0. The Morgan fingerprint density at radius 1 is 1.00 bits per heavy atom. The van der Waals surface area contributed by atoms with Gasteiger partial charge in [0.05, 0.1) is 11.6 Å². The Morgan fingerprint density at radius 3 is 2.47 bits per heavy atom. The van der Waals surface area contributed by atoms with Crippen LogP contribution >= 0.6 is 0 Å². The number of nitriles is 1. The molecule has 0 amide bonds. The number of halogens is 3. The zero-order valence-corrected chi connectivity index (χ0v) is 9.66. The standard InChI is InChI=1S/C14H8F3NO/c15-11-4-9(7-18)3-10(5-11)8-19-12-1-2-13(16)14(17)6-12/h1-6H,8H2. The molecule has 0 fully saturated rings. The molecule has 0 atom stereocenters. The summed E-state index contributed by atoms with van der Waals surface area (Å²) in [5.74, 6) is -2.41. The van der Waals surface area contributed by atoms with Crippen molar-refractivity contribution in [3.63, 3.8) is 0 Å². The third-order valence-electron chi connectivity index (χ3n) is 2.38. The lowest BCUT2D eigenvalue weighted by Gasteiger charge is -2.07. The molecule has 2 nitrogen and oxygen atoms in total. The minimum absolute atomic E-state index is 0.0441. The van der Waals surface area contributed by atoms with Crippen LogP contribution in [0.25, 0.3) is 0 Å². The molecule has 0 radical (unpaired) electrons. The van der Waals surface area contributed by atoms with Crippen LogP contribution in [0.2, 0.25) is 0 Å². The normalized spacial score (nSPS) is 10.0. The first-order valence-corrected chi connectivity index (χ1v) is 5.36. The van der Waals surface area contributed by atoms with E-state index in [0.717, 1.165) is 18.2 Å². The van der Waals surface area contributed by atoms with Gasteiger partial charge < -0.3 is 4.74 Å². The van der Waals surface area contributed by atoms with Crippen molar-refractivity contribution < 1.29 is 17.9 Å². The smallest absolute Gasteiger partial charge is 0.162 e. The molecule has 0 spiro atoms. The van der Waals surface area contributed by atoms with E-state index in [4.69, 9.17) is 10.00 Å². The first-order valence-electron chi connectivity index (χ1n) is 5.36. The fourth-order valence-corrected chi connectivity index (χ4v) is 1.53. The Hall–Kier alpha value is -2.48. The number of nitrogens with zero attached hydrogens (tertiary/aromatic N) is 1. The van der Waals surface area contributed by atoms with Crippen LogP contribution in [-0.4, -0.2) is 0 Å². The lowest BCUT2D eigenvalue weighted by atomic mass is 10.1. The van der Waals surface area contributed by atoms with Crippen molar-refractivity contribution >= 4 is 0 Å². The molecule has 2 aromatic rings. The summed E-state index contributed by atoms with van der Waals surface area (Å²) in [7, 11) is 0. The van der Waals surface area contributed by atoms with Crippen molar-refractivity contribution in [2.45, 2.75) is 6.61 Å². The van der Waals surface area contributed by atoms with Crippen LogP contribution in [0.1, 0.15) is 11.1 Å². The Morgan fingerprint density at radius 2 is 1.79 bits per heavy atom. The first kappa shape index (κ1) is 13.0. The third kappa shape index (κ3) is 3.26. The van der Waals surface area contributed by atoms with Crippen LogP contribution in [-0.2, 0) is 6.61 Å². The van der Waals surface area contributed by atoms with E-state index in [1.165, 1.54) is 18.2 Å². The van der Waals surface area contributed by atoms with Crippen molar-refractivity contribution in [3.8, 4) is 11.8 Å². The SMILES string of the molecule is N#Cc1cc(F)cc(COc2ccc(F)c(F)c2)c1. The largest absolute Gasteiger partial charge is 0.489 e. The lowest BCUT2D eigenvalue weighted by Crippen LogP contribution is -1.98. The zero-order chi connectivity index (χ0) is 13.8. The quantitative estimate of drug-likeness (QED) is 0.848. The predicted molar refractivity (Wildman–Crippen MR) is 61.8 cm³/mol. The molecule has 0 bridgehead atoms. The maximum absolute atomic E-state index is 13.1. The third-order valence-corrected chi connectivity index (χ3v) is 2.38. The average molecular weight is 263 g/mol. The molecule has 0 heterocycles. The molecule has 0 unspecified atom stereocenters. The highest BCUT2D eigenvalue weighted by atomic mass is 19.2. The molecule has 2 aromatic carbocycles. The van der Waals surface area contributed by atoms with Crippen molar-refractivity contribution in [1.82, 2.24) is 0 Å². The molecule has 0 aliphatic rings. The Bertz CT molecular complexity index is 650. The monoisotopic (exact) mass is 263 g/mol. The van der Waals surface area contributed by atoms with Crippen LogP contribution in [0, 0.1) is 28.8 Å². The Kier molecular flexibility index (Phi) is 3.71. The minimum atomic E-state index is -1.02. The molecule has 5 heteroatoms. The van der Waals surface area contributed by atoms with Gasteiger partial charge in [0, 0.05) is 6.07 Å². The van der Waals surface area contributed by atoms with Gasteiger partial charge in [-0.15, -0.1) is 0 Å². The second-order valence-electron chi connectivity index (χ2n) is 3.82. The van der Waals surface area contributed by atoms with E-state index in [2.05, 4.69) is 0 Å². The topological polar surface area (TPSA) is 33.0 Å². The van der Waals surface area contributed by atoms with Gasteiger partial charge >= 0.3 is 0 Å². The van der Waals surface area contributed by atoms with Crippen LogP contribution in [0.5, 0.6) is 5.75 Å². The van der Waals surface area contributed by atoms with Gasteiger partial charge in [0.2, 0.25) is 0 Å². The molecule has 0 saturated heterocycles. The zero-order valence-electron chi connectivity index (χ0n) is 9.66. The molecule has 0 aromatic heterocycles. The highest BCUT2D eigenvalue weighted by Crippen LogP contribution is 2.17. The summed E-state index contributed by atoms with van der Waals surface area (Å²) in [5.41, 5.74) is 0.602. The Labute approximate surface area is 107 Å². The maximum atomic E-state index is 13.1. The fourth-order valence-electron chi connectivity index (χ4n) is 1.53. The second kappa shape index (κ2) is 5.44. The van der Waals surface area contributed by atoms with Gasteiger partial charge in [0.15, 0.2) is 11.6 Å². The van der Waals surface area contributed by atoms with Crippen LogP contribution in [0.15, 0.2) is 36.4 Å². The van der Waals surface area contributed by atoms with Crippen molar-refractivity contribution in [1.29, 1.82) is 5.26 Å². The van der Waals surface area contributed by atoms with Crippen molar-refractivity contribution in [2.75, 3.05) is 0 Å². The summed E-state index contributed by atoms with van der Waals surface area (Å²) in [5, 5.41) is 8.69. The molecule has 0 aliphatic carbocycles. The van der Waals surface area contributed by atoms with E-state index in [9.17, 15) is 13.2 Å². The van der Waals surface area contributed by atoms with Crippen molar-refractivity contribution in [2.24, 2.45) is 0 Å². The van der Waals surface area contributed by atoms with Crippen molar-refractivity contribution in [3.05, 3.63) is 65.0 Å². The highest BCUT2D eigenvalue weighted by Gasteiger charge is 2.05. The van der Waals surface area contributed by atoms with E-state index in [-0.39, 0.29) is 17.9 Å². The Balaban J connectivity index is 2.12. The minimum Gasteiger partial charge on any atom is -0.489 e. The average Bonchev–Trinajstić information content (AvgIpc) is 2.39. The maximum Gasteiger partial charge on any atom is 0.162 e. The fraction of sp³-hybridized carbons (Fsp3) is 0.0714. The molecule has 0 N–H and O–H groups in total. The number of ether oxygens (including phenoxy) is 1. The number of hydrogen-bond donors (Lipinski definition) is 0. The van der Waals surface area contributed by atoms with Crippen LogP contribution in [0.4, 0.5) is 13.2 Å². The van der Waals surface area contributed by atoms with Gasteiger partial charge in [-0.3, -0.25) is 0 Å². The van der Waals surface area contributed by atoms with E-state index in [1.54, 1.807) is 0 Å². The van der Waals surface area contributed by atoms with E-state index in [1.807, 2.05) is 6.07 Å². The summed E-state index contributed by atoms with van der Waals surface area (Å²) in [6, 6.07) is 8.70. The predicted octanol–water partition coefficient (Wildman–Crippen LogP) is 3.55. The van der Waals surface area contributed by atoms with Crippen LogP contribution < -0.4 is 4.74 Å². The highest BCUT2D eigenvalue weighted by molar-refractivity contribution is 5.33. The molecule has 0 aliphatic heterocycles. The molecule has 0 saturated carbocycles. The van der Waals surface area contributed by atoms with Gasteiger partial charge in [0.25, 0.3) is 0 Å². The summed E-state index contributed by atoms with van der Waals surface area (Å²) in [4.78, 5) is 0. The number of hydrogen-bond acceptors (Lipinski definition) is 2. The van der Waals surface area contributed by atoms with E-state index >= 15 is 0 Å². The summed E-state index contributed by atoms with van der Waals surface area (Å²) < 4.78 is 44.0. The number of benzene rings is 2. The molecule has 19 heavy (non-hydrogen) atoms. The van der Waals surface area contributed by atoms with E-state index < -0.39 is 17.5 Å². The van der Waals surface area contributed by atoms with Gasteiger partial charge in [-0.2, -0.15) is 5.26 Å².